The number of aryl methyl sites for hydroxylation is 2. The second kappa shape index (κ2) is 5.91. The summed E-state index contributed by atoms with van der Waals surface area (Å²) in [5.74, 6) is 0.900. The molecule has 2 heterocycles. The van der Waals surface area contributed by atoms with Gasteiger partial charge < -0.3 is 0 Å². The summed E-state index contributed by atoms with van der Waals surface area (Å²) in [6.07, 6.45) is 4.64. The predicted molar refractivity (Wildman–Crippen MR) is 74.4 cm³/mol. The van der Waals surface area contributed by atoms with Gasteiger partial charge in [-0.25, -0.2) is 9.97 Å². The minimum absolute atomic E-state index is 0.196. The van der Waals surface area contributed by atoms with Crippen LogP contribution in [0, 0.1) is 6.92 Å². The maximum Gasteiger partial charge on any atom is 0.224 e. The highest BCUT2D eigenvalue weighted by Crippen LogP contribution is 2.23. The van der Waals surface area contributed by atoms with E-state index in [0.717, 1.165) is 28.3 Å². The molecule has 0 fully saturated rings. The Hall–Kier alpha value is -0.780. The van der Waals surface area contributed by atoms with Crippen molar-refractivity contribution in [1.29, 1.82) is 0 Å². The van der Waals surface area contributed by atoms with Crippen LogP contribution < -0.4 is 0 Å². The summed E-state index contributed by atoms with van der Waals surface area (Å²) in [5.41, 5.74) is 1.80. The van der Waals surface area contributed by atoms with Crippen LogP contribution in [0.15, 0.2) is 17.3 Å². The molecule has 0 atom stereocenters. The summed E-state index contributed by atoms with van der Waals surface area (Å²) in [6.45, 7) is 1.89. The van der Waals surface area contributed by atoms with Crippen molar-refractivity contribution in [1.82, 2.24) is 19.7 Å². The lowest BCUT2D eigenvalue weighted by molar-refractivity contribution is 0.766. The Morgan fingerprint density at radius 1 is 1.33 bits per heavy atom. The summed E-state index contributed by atoms with van der Waals surface area (Å²) in [6, 6.07) is 0. The molecule has 0 aliphatic carbocycles. The monoisotopic (exact) mass is 302 g/mol. The van der Waals surface area contributed by atoms with Crippen molar-refractivity contribution in [2.24, 2.45) is 7.05 Å². The highest BCUT2D eigenvalue weighted by atomic mass is 35.5. The van der Waals surface area contributed by atoms with Crippen LogP contribution in [0.3, 0.4) is 0 Å². The van der Waals surface area contributed by atoms with Crippen LogP contribution in [-0.4, -0.2) is 25.5 Å². The first-order valence-electron chi connectivity index (χ1n) is 5.36. The van der Waals surface area contributed by atoms with Crippen LogP contribution in [-0.2, 0) is 13.5 Å². The Morgan fingerprint density at radius 2 is 2.11 bits per heavy atom. The fourth-order valence-electron chi connectivity index (χ4n) is 1.56. The number of nitrogens with zero attached hydrogens (tertiary/aromatic N) is 4. The van der Waals surface area contributed by atoms with E-state index in [-0.39, 0.29) is 5.28 Å². The average Bonchev–Trinajstić information content (AvgIpc) is 2.68. The second-order valence-corrected chi connectivity index (χ2v) is 5.66. The molecule has 0 aliphatic rings. The molecule has 0 spiro atoms. The van der Waals surface area contributed by atoms with Gasteiger partial charge in [-0.1, -0.05) is 11.6 Å². The van der Waals surface area contributed by atoms with Crippen LogP contribution in [0.4, 0.5) is 0 Å². The lowest BCUT2D eigenvalue weighted by Gasteiger charge is -2.06. The van der Waals surface area contributed by atoms with Gasteiger partial charge in [0.15, 0.2) is 0 Å². The van der Waals surface area contributed by atoms with Crippen LogP contribution in [0.25, 0.3) is 0 Å². The number of thioether (sulfide) groups is 1. The summed E-state index contributed by atoms with van der Waals surface area (Å²) >= 11 is 13.5. The van der Waals surface area contributed by atoms with Crippen molar-refractivity contribution in [3.63, 3.8) is 0 Å². The third-order valence-electron chi connectivity index (χ3n) is 2.44. The normalized spacial score (nSPS) is 10.9. The summed E-state index contributed by atoms with van der Waals surface area (Å²) < 4.78 is 1.78. The number of hydrogen-bond acceptors (Lipinski definition) is 4. The molecule has 0 saturated carbocycles. The predicted octanol–water partition coefficient (Wildman–Crippen LogP) is 3.16. The number of hydrogen-bond donors (Lipinski definition) is 0. The zero-order chi connectivity index (χ0) is 13.1. The highest BCUT2D eigenvalue weighted by molar-refractivity contribution is 7.99. The van der Waals surface area contributed by atoms with Crippen molar-refractivity contribution < 1.29 is 0 Å². The van der Waals surface area contributed by atoms with Gasteiger partial charge in [0.1, 0.15) is 5.15 Å². The highest BCUT2D eigenvalue weighted by Gasteiger charge is 2.09. The van der Waals surface area contributed by atoms with E-state index in [1.807, 2.05) is 26.4 Å². The van der Waals surface area contributed by atoms with Crippen molar-refractivity contribution in [2.75, 3.05) is 5.75 Å². The first-order valence-corrected chi connectivity index (χ1v) is 7.10. The molecule has 0 saturated heterocycles. The van der Waals surface area contributed by atoms with E-state index in [1.54, 1.807) is 16.4 Å². The molecule has 0 amide bonds. The van der Waals surface area contributed by atoms with Crippen LogP contribution in [0.2, 0.25) is 10.4 Å². The van der Waals surface area contributed by atoms with E-state index in [9.17, 15) is 0 Å². The molecule has 96 valence electrons. The average molecular weight is 303 g/mol. The first kappa shape index (κ1) is 13.6. The standard InChI is InChI=1S/C11H12Cl2N4S/c1-7-9(10(12)16-11(13)15-7)3-4-18-8-5-14-17(2)6-8/h5-6H,3-4H2,1-2H3. The number of aromatic nitrogens is 4. The van der Waals surface area contributed by atoms with E-state index in [0.29, 0.717) is 5.15 Å². The van der Waals surface area contributed by atoms with E-state index in [1.165, 1.54) is 0 Å². The molecule has 4 nitrogen and oxygen atoms in total. The van der Waals surface area contributed by atoms with Gasteiger partial charge in [-0.2, -0.15) is 5.10 Å². The van der Waals surface area contributed by atoms with Gasteiger partial charge in [-0.3, -0.25) is 4.68 Å². The minimum Gasteiger partial charge on any atom is -0.275 e. The van der Waals surface area contributed by atoms with Crippen molar-refractivity contribution in [2.45, 2.75) is 18.2 Å². The maximum absolute atomic E-state index is 6.06. The van der Waals surface area contributed by atoms with Crippen LogP contribution >= 0.6 is 35.0 Å². The fourth-order valence-corrected chi connectivity index (χ4v) is 3.01. The zero-order valence-corrected chi connectivity index (χ0v) is 12.4. The van der Waals surface area contributed by atoms with Crippen molar-refractivity contribution in [3.8, 4) is 0 Å². The maximum atomic E-state index is 6.06. The van der Waals surface area contributed by atoms with Crippen LogP contribution in [0.5, 0.6) is 0 Å². The molecule has 0 radical (unpaired) electrons. The summed E-state index contributed by atoms with van der Waals surface area (Å²) in [4.78, 5) is 9.21. The summed E-state index contributed by atoms with van der Waals surface area (Å²) in [7, 11) is 1.90. The quantitative estimate of drug-likeness (QED) is 0.494. The third-order valence-corrected chi connectivity index (χ3v) is 3.87. The SMILES string of the molecule is Cc1nc(Cl)nc(Cl)c1CCSc1cnn(C)c1. The molecule has 0 unspecified atom stereocenters. The fraction of sp³-hybridized carbons (Fsp3) is 0.364. The molecule has 2 rings (SSSR count). The van der Waals surface area contributed by atoms with Gasteiger partial charge in [-0.05, 0) is 24.9 Å². The largest absolute Gasteiger partial charge is 0.275 e. The minimum atomic E-state index is 0.196. The van der Waals surface area contributed by atoms with Crippen LogP contribution in [0.1, 0.15) is 11.3 Å². The molecular formula is C11H12Cl2N4S. The lowest BCUT2D eigenvalue weighted by atomic mass is 10.2. The van der Waals surface area contributed by atoms with Crippen molar-refractivity contribution >= 4 is 35.0 Å². The lowest BCUT2D eigenvalue weighted by Crippen LogP contribution is -1.99. The Balaban J connectivity index is 1.98. The van der Waals surface area contributed by atoms with E-state index in [2.05, 4.69) is 15.1 Å². The third kappa shape index (κ3) is 3.37. The molecular weight excluding hydrogens is 291 g/mol. The summed E-state index contributed by atoms with van der Waals surface area (Å²) in [5, 5.41) is 4.76. The second-order valence-electron chi connectivity index (χ2n) is 3.80. The van der Waals surface area contributed by atoms with Gasteiger partial charge in [0.05, 0.1) is 6.20 Å². The molecule has 0 bridgehead atoms. The van der Waals surface area contributed by atoms with Gasteiger partial charge in [0.2, 0.25) is 5.28 Å². The first-order chi connectivity index (χ1) is 8.56. The van der Waals surface area contributed by atoms with Gasteiger partial charge in [-0.15, -0.1) is 11.8 Å². The van der Waals surface area contributed by atoms with Gasteiger partial charge >= 0.3 is 0 Å². The van der Waals surface area contributed by atoms with E-state index >= 15 is 0 Å². The van der Waals surface area contributed by atoms with Crippen molar-refractivity contribution in [3.05, 3.63) is 34.1 Å². The smallest absolute Gasteiger partial charge is 0.224 e. The van der Waals surface area contributed by atoms with E-state index in [4.69, 9.17) is 23.2 Å². The molecule has 0 N–H and O–H groups in total. The Bertz CT molecular complexity index is 533. The molecule has 18 heavy (non-hydrogen) atoms. The Labute approximate surface area is 120 Å². The molecule has 2 aromatic rings. The topological polar surface area (TPSA) is 43.6 Å². The van der Waals surface area contributed by atoms with Gasteiger partial charge in [0, 0.05) is 35.2 Å². The Morgan fingerprint density at radius 3 is 2.72 bits per heavy atom. The molecule has 2 aromatic heterocycles. The number of rotatable bonds is 4. The molecule has 7 heteroatoms. The molecule has 0 aliphatic heterocycles. The van der Waals surface area contributed by atoms with E-state index < -0.39 is 0 Å². The number of halogens is 2. The molecule has 0 aromatic carbocycles. The Kier molecular flexibility index (Phi) is 4.48. The van der Waals surface area contributed by atoms with Gasteiger partial charge in [0.25, 0.3) is 0 Å². The zero-order valence-electron chi connectivity index (χ0n) is 10.0.